The lowest BCUT2D eigenvalue weighted by molar-refractivity contribution is -0.166. The number of carbonyl (C=O) groups is 2. The summed E-state index contributed by atoms with van der Waals surface area (Å²) in [6.45, 7) is 0.631. The second-order valence-electron chi connectivity index (χ2n) is 3.70. The van der Waals surface area contributed by atoms with Crippen LogP contribution in [-0.2, 0) is 14.3 Å². The average Bonchev–Trinajstić information content (AvgIpc) is 2.68. The molecule has 1 saturated heterocycles. The first-order valence-corrected chi connectivity index (χ1v) is 5.55. The molecule has 0 saturated carbocycles. The number of hydrogen-bond donors (Lipinski definition) is 2. The van der Waals surface area contributed by atoms with E-state index in [-0.39, 0.29) is 0 Å². The van der Waals surface area contributed by atoms with Crippen LogP contribution in [0.15, 0.2) is 0 Å². The van der Waals surface area contributed by atoms with Crippen LogP contribution in [0.25, 0.3) is 0 Å². The summed E-state index contributed by atoms with van der Waals surface area (Å²) < 4.78 is 40.5. The largest absolute Gasteiger partial charge is 0.400 e. The Hall–Kier alpha value is -0.760. The van der Waals surface area contributed by atoms with Crippen molar-refractivity contribution >= 4 is 24.6 Å². The first kappa shape index (κ1) is 14.3. The SMILES string of the molecule is O=C(CC(S)C(F)(F)F)OC(=O)[C@@H]1CCCN1. The zero-order valence-electron chi connectivity index (χ0n) is 8.79. The molecule has 1 aliphatic rings. The van der Waals surface area contributed by atoms with Crippen LogP contribution in [0.3, 0.4) is 0 Å². The van der Waals surface area contributed by atoms with E-state index in [1.807, 2.05) is 0 Å². The van der Waals surface area contributed by atoms with Crippen LogP contribution in [-0.4, -0.2) is 36.0 Å². The number of hydrogen-bond acceptors (Lipinski definition) is 5. The number of nitrogens with one attached hydrogen (secondary N) is 1. The van der Waals surface area contributed by atoms with Gasteiger partial charge >= 0.3 is 18.1 Å². The van der Waals surface area contributed by atoms with E-state index in [1.54, 1.807) is 0 Å². The van der Waals surface area contributed by atoms with Gasteiger partial charge in [0, 0.05) is 0 Å². The van der Waals surface area contributed by atoms with Gasteiger partial charge in [-0.1, -0.05) is 0 Å². The molecule has 0 spiro atoms. The van der Waals surface area contributed by atoms with Gasteiger partial charge in [-0.15, -0.1) is 0 Å². The molecule has 8 heteroatoms. The molecule has 1 N–H and O–H groups in total. The molecule has 1 rings (SSSR count). The van der Waals surface area contributed by atoms with Gasteiger partial charge in [0.2, 0.25) is 0 Å². The minimum absolute atomic E-state index is 0.523. The molecule has 1 heterocycles. The highest BCUT2D eigenvalue weighted by molar-refractivity contribution is 7.81. The predicted octanol–water partition coefficient (Wildman–Crippen LogP) is 1.06. The van der Waals surface area contributed by atoms with Gasteiger partial charge in [-0.2, -0.15) is 25.8 Å². The molecule has 0 aromatic rings. The molecule has 2 atom stereocenters. The third-order valence-corrected chi connectivity index (χ3v) is 2.77. The number of ether oxygens (including phenoxy) is 1. The lowest BCUT2D eigenvalue weighted by Gasteiger charge is -2.14. The van der Waals surface area contributed by atoms with E-state index >= 15 is 0 Å². The predicted molar refractivity (Wildman–Crippen MR) is 55.6 cm³/mol. The van der Waals surface area contributed by atoms with Gasteiger partial charge in [0.05, 0.1) is 6.42 Å². The maximum Gasteiger partial charge on any atom is 0.400 e. The number of rotatable bonds is 3. The molecule has 4 nitrogen and oxygen atoms in total. The summed E-state index contributed by atoms with van der Waals surface area (Å²) in [5.74, 6) is -2.03. The van der Waals surface area contributed by atoms with Gasteiger partial charge in [-0.3, -0.25) is 4.79 Å². The molecular formula is C9H12F3NO3S. The molecule has 0 aliphatic carbocycles. The number of alkyl halides is 3. The van der Waals surface area contributed by atoms with Crippen LogP contribution in [0.4, 0.5) is 13.2 Å². The fourth-order valence-electron chi connectivity index (χ4n) is 1.38. The van der Waals surface area contributed by atoms with Crippen LogP contribution in [0.1, 0.15) is 19.3 Å². The topological polar surface area (TPSA) is 55.4 Å². The lowest BCUT2D eigenvalue weighted by atomic mass is 10.2. The van der Waals surface area contributed by atoms with Gasteiger partial charge in [0.15, 0.2) is 0 Å². The normalized spacial score (nSPS) is 22.2. The summed E-state index contributed by atoms with van der Waals surface area (Å²) in [7, 11) is 0. The van der Waals surface area contributed by atoms with Crippen molar-refractivity contribution in [3.05, 3.63) is 0 Å². The highest BCUT2D eigenvalue weighted by atomic mass is 32.1. The Labute approximate surface area is 101 Å². The molecule has 1 aliphatic heterocycles. The van der Waals surface area contributed by atoms with Crippen molar-refractivity contribution in [1.29, 1.82) is 0 Å². The van der Waals surface area contributed by atoms with E-state index in [0.717, 1.165) is 6.42 Å². The van der Waals surface area contributed by atoms with Crippen molar-refractivity contribution in [2.24, 2.45) is 0 Å². The third-order valence-electron chi connectivity index (χ3n) is 2.30. The quantitative estimate of drug-likeness (QED) is 0.458. The number of halogens is 3. The summed E-state index contributed by atoms with van der Waals surface area (Å²) in [6, 6.07) is -0.594. The van der Waals surface area contributed by atoms with Crippen molar-refractivity contribution in [1.82, 2.24) is 5.32 Å². The van der Waals surface area contributed by atoms with Crippen LogP contribution in [0.2, 0.25) is 0 Å². The smallest absolute Gasteiger partial charge is 0.392 e. The number of thiol groups is 1. The van der Waals surface area contributed by atoms with Crippen molar-refractivity contribution in [3.63, 3.8) is 0 Å². The Morgan fingerprint density at radius 2 is 2.12 bits per heavy atom. The molecule has 0 aromatic heterocycles. The van der Waals surface area contributed by atoms with Crippen molar-refractivity contribution < 1.29 is 27.5 Å². The Morgan fingerprint density at radius 1 is 1.47 bits per heavy atom. The molecule has 17 heavy (non-hydrogen) atoms. The van der Waals surface area contributed by atoms with E-state index in [1.165, 1.54) is 0 Å². The van der Waals surface area contributed by atoms with Crippen molar-refractivity contribution in [3.8, 4) is 0 Å². The van der Waals surface area contributed by atoms with Crippen LogP contribution < -0.4 is 5.32 Å². The van der Waals surface area contributed by atoms with Gasteiger partial charge in [-0.25, -0.2) is 4.79 Å². The fourth-order valence-corrected chi connectivity index (χ4v) is 1.53. The molecule has 0 aromatic carbocycles. The minimum Gasteiger partial charge on any atom is -0.392 e. The number of carbonyl (C=O) groups excluding carboxylic acids is 2. The van der Waals surface area contributed by atoms with E-state index < -0.39 is 35.8 Å². The Bertz CT molecular complexity index is 302. The Kier molecular flexibility index (Phi) is 4.81. The standard InChI is InChI=1S/C9H12F3NO3S/c10-9(11,12)6(17)4-7(14)16-8(15)5-2-1-3-13-5/h5-6,13,17H,1-4H2/t5-,6?/m0/s1. The fraction of sp³-hybridized carbons (Fsp3) is 0.778. The second-order valence-corrected chi connectivity index (χ2v) is 4.33. The highest BCUT2D eigenvalue weighted by Crippen LogP contribution is 2.27. The van der Waals surface area contributed by atoms with E-state index in [2.05, 4.69) is 22.7 Å². The van der Waals surface area contributed by atoms with Crippen LogP contribution >= 0.6 is 12.6 Å². The number of esters is 2. The molecule has 1 fully saturated rings. The first-order chi connectivity index (χ1) is 7.80. The van der Waals surface area contributed by atoms with Crippen molar-refractivity contribution in [2.75, 3.05) is 6.54 Å². The van der Waals surface area contributed by atoms with Gasteiger partial charge < -0.3 is 10.1 Å². The molecule has 0 amide bonds. The summed E-state index contributed by atoms with van der Waals surface area (Å²) in [6.07, 6.45) is -4.26. The molecule has 0 bridgehead atoms. The highest BCUT2D eigenvalue weighted by Gasteiger charge is 2.39. The Morgan fingerprint density at radius 3 is 2.59 bits per heavy atom. The summed E-state index contributed by atoms with van der Waals surface area (Å²) in [5, 5.41) is 0.665. The maximum absolute atomic E-state index is 12.1. The van der Waals surface area contributed by atoms with E-state index in [4.69, 9.17) is 0 Å². The van der Waals surface area contributed by atoms with Crippen LogP contribution in [0, 0.1) is 0 Å². The third kappa shape index (κ3) is 4.55. The van der Waals surface area contributed by atoms with Crippen LogP contribution in [0.5, 0.6) is 0 Å². The molecule has 1 unspecified atom stereocenters. The average molecular weight is 271 g/mol. The lowest BCUT2D eigenvalue weighted by Crippen LogP contribution is -2.35. The van der Waals surface area contributed by atoms with Crippen molar-refractivity contribution in [2.45, 2.75) is 36.7 Å². The maximum atomic E-state index is 12.1. The van der Waals surface area contributed by atoms with Gasteiger partial charge in [0.1, 0.15) is 11.3 Å². The van der Waals surface area contributed by atoms with E-state index in [0.29, 0.717) is 13.0 Å². The monoisotopic (exact) mass is 271 g/mol. The minimum atomic E-state index is -4.59. The summed E-state index contributed by atoms with van der Waals surface area (Å²) in [4.78, 5) is 22.3. The Balaban J connectivity index is 2.36. The molecule has 0 radical (unpaired) electrons. The zero-order chi connectivity index (χ0) is 13.1. The first-order valence-electron chi connectivity index (χ1n) is 5.03. The second kappa shape index (κ2) is 5.72. The van der Waals surface area contributed by atoms with Gasteiger partial charge in [-0.05, 0) is 19.4 Å². The van der Waals surface area contributed by atoms with Gasteiger partial charge in [0.25, 0.3) is 0 Å². The molecule has 98 valence electrons. The molecular weight excluding hydrogens is 259 g/mol. The summed E-state index contributed by atoms with van der Waals surface area (Å²) in [5.41, 5.74) is 0. The summed E-state index contributed by atoms with van der Waals surface area (Å²) >= 11 is 3.23. The van der Waals surface area contributed by atoms with E-state index in [9.17, 15) is 22.8 Å². The zero-order valence-corrected chi connectivity index (χ0v) is 9.68.